The number of nitrogens with one attached hydrogen (secondary N) is 2. The minimum absolute atomic E-state index is 0.111. The average Bonchev–Trinajstić information content (AvgIpc) is 3.06. The topological polar surface area (TPSA) is 94.5 Å². The van der Waals surface area contributed by atoms with Gasteiger partial charge in [0.25, 0.3) is 0 Å². The number of hydrogen-bond acceptors (Lipinski definition) is 6. The molecule has 2 atom stereocenters. The van der Waals surface area contributed by atoms with Crippen molar-refractivity contribution in [1.29, 1.82) is 5.26 Å². The molecule has 0 aliphatic carbocycles. The van der Waals surface area contributed by atoms with Crippen molar-refractivity contribution in [1.82, 2.24) is 9.62 Å². The average molecular weight is 366 g/mol. The SMILES string of the molecule is CCC(C)CNc1ccc(OC)c(S(=O)(=O)N[C@@H]2CCN(C#N)C2)c1. The molecule has 1 aliphatic heterocycles. The van der Waals surface area contributed by atoms with Crippen molar-refractivity contribution in [2.24, 2.45) is 5.92 Å². The predicted molar refractivity (Wildman–Crippen MR) is 96.9 cm³/mol. The van der Waals surface area contributed by atoms with Gasteiger partial charge in [-0.3, -0.25) is 0 Å². The lowest BCUT2D eigenvalue weighted by Crippen LogP contribution is -2.36. The first-order valence-corrected chi connectivity index (χ1v) is 9.96. The Hall–Kier alpha value is -1.98. The van der Waals surface area contributed by atoms with Crippen LogP contribution in [-0.4, -0.2) is 46.1 Å². The summed E-state index contributed by atoms with van der Waals surface area (Å²) < 4.78 is 33.5. The molecule has 1 heterocycles. The molecule has 0 saturated carbocycles. The number of hydrogen-bond donors (Lipinski definition) is 2. The molecule has 1 aliphatic rings. The molecule has 2 rings (SSSR count). The van der Waals surface area contributed by atoms with Gasteiger partial charge in [-0.1, -0.05) is 20.3 Å². The Morgan fingerprint density at radius 3 is 2.84 bits per heavy atom. The van der Waals surface area contributed by atoms with Crippen LogP contribution in [0, 0.1) is 17.4 Å². The fraction of sp³-hybridized carbons (Fsp3) is 0.588. The highest BCUT2D eigenvalue weighted by Gasteiger charge is 2.28. The van der Waals surface area contributed by atoms with Crippen LogP contribution >= 0.6 is 0 Å². The van der Waals surface area contributed by atoms with Crippen molar-refractivity contribution in [3.05, 3.63) is 18.2 Å². The van der Waals surface area contributed by atoms with Crippen LogP contribution in [0.25, 0.3) is 0 Å². The summed E-state index contributed by atoms with van der Waals surface area (Å²) in [5, 5.41) is 12.2. The highest BCUT2D eigenvalue weighted by molar-refractivity contribution is 7.89. The zero-order valence-corrected chi connectivity index (χ0v) is 15.8. The Kier molecular flexibility index (Phi) is 6.51. The van der Waals surface area contributed by atoms with Gasteiger partial charge >= 0.3 is 0 Å². The molecule has 1 unspecified atom stereocenters. The molecule has 8 heteroatoms. The van der Waals surface area contributed by atoms with Gasteiger partial charge in [-0.25, -0.2) is 13.1 Å². The molecule has 25 heavy (non-hydrogen) atoms. The van der Waals surface area contributed by atoms with E-state index in [9.17, 15) is 8.42 Å². The van der Waals surface area contributed by atoms with Crippen LogP contribution < -0.4 is 14.8 Å². The van der Waals surface area contributed by atoms with Crippen LogP contribution in [0.1, 0.15) is 26.7 Å². The van der Waals surface area contributed by atoms with Gasteiger partial charge in [0, 0.05) is 31.4 Å². The molecule has 1 aromatic rings. The van der Waals surface area contributed by atoms with E-state index in [2.05, 4.69) is 23.9 Å². The van der Waals surface area contributed by atoms with Crippen molar-refractivity contribution in [2.75, 3.05) is 32.1 Å². The summed E-state index contributed by atoms with van der Waals surface area (Å²) in [6.07, 6.45) is 3.71. The molecule has 0 amide bonds. The van der Waals surface area contributed by atoms with Crippen LogP contribution in [0.15, 0.2) is 23.1 Å². The van der Waals surface area contributed by atoms with Crippen molar-refractivity contribution >= 4 is 15.7 Å². The van der Waals surface area contributed by atoms with E-state index in [1.54, 1.807) is 17.0 Å². The molecule has 0 radical (unpaired) electrons. The van der Waals surface area contributed by atoms with E-state index in [-0.39, 0.29) is 10.9 Å². The normalized spacial score (nSPS) is 18.6. The first kappa shape index (κ1) is 19.3. The first-order chi connectivity index (χ1) is 11.9. The second-order valence-corrected chi connectivity index (χ2v) is 8.10. The number of methoxy groups -OCH3 is 1. The lowest BCUT2D eigenvalue weighted by Gasteiger charge is -2.17. The maximum atomic E-state index is 12.8. The van der Waals surface area contributed by atoms with E-state index in [0.29, 0.717) is 31.2 Å². The van der Waals surface area contributed by atoms with Gasteiger partial charge < -0.3 is 15.0 Å². The lowest BCUT2D eigenvalue weighted by atomic mass is 10.1. The Bertz CT molecular complexity index is 730. The minimum atomic E-state index is -3.74. The van der Waals surface area contributed by atoms with Crippen molar-refractivity contribution in [2.45, 2.75) is 37.6 Å². The molecular formula is C17H26N4O3S. The largest absolute Gasteiger partial charge is 0.495 e. The first-order valence-electron chi connectivity index (χ1n) is 8.48. The van der Waals surface area contributed by atoms with Gasteiger partial charge in [0.1, 0.15) is 10.6 Å². The Balaban J connectivity index is 2.18. The molecular weight excluding hydrogens is 340 g/mol. The third-order valence-electron chi connectivity index (χ3n) is 4.46. The molecule has 0 bridgehead atoms. The van der Waals surface area contributed by atoms with E-state index >= 15 is 0 Å². The molecule has 0 spiro atoms. The number of likely N-dealkylation sites (tertiary alicyclic amines) is 1. The minimum Gasteiger partial charge on any atom is -0.495 e. The number of nitrogens with zero attached hydrogens (tertiary/aromatic N) is 2. The van der Waals surface area contributed by atoms with E-state index < -0.39 is 10.0 Å². The quantitative estimate of drug-likeness (QED) is 0.683. The molecule has 0 aromatic heterocycles. The summed E-state index contributed by atoms with van der Waals surface area (Å²) in [7, 11) is -2.28. The van der Waals surface area contributed by atoms with Crippen LogP contribution in [-0.2, 0) is 10.0 Å². The fourth-order valence-electron chi connectivity index (χ4n) is 2.66. The maximum Gasteiger partial charge on any atom is 0.244 e. The number of ether oxygens (including phenoxy) is 1. The van der Waals surface area contributed by atoms with Crippen LogP contribution in [0.2, 0.25) is 0 Å². The standard InChI is InChI=1S/C17H26N4O3S/c1-4-13(2)10-19-14-5-6-16(24-3)17(9-14)25(22,23)20-15-7-8-21(11-15)12-18/h5-6,9,13,15,19-20H,4,7-8,10-11H2,1-3H3/t13?,15-/m1/s1. The molecule has 1 fully saturated rings. The number of rotatable bonds is 8. The van der Waals surface area contributed by atoms with Gasteiger partial charge in [0.05, 0.1) is 7.11 Å². The molecule has 1 saturated heterocycles. The van der Waals surface area contributed by atoms with Crippen molar-refractivity contribution < 1.29 is 13.2 Å². The van der Waals surface area contributed by atoms with Gasteiger partial charge in [0.15, 0.2) is 6.19 Å². The van der Waals surface area contributed by atoms with E-state index in [4.69, 9.17) is 10.00 Å². The molecule has 138 valence electrons. The highest BCUT2D eigenvalue weighted by atomic mass is 32.2. The van der Waals surface area contributed by atoms with Gasteiger partial charge in [-0.15, -0.1) is 0 Å². The van der Waals surface area contributed by atoms with Gasteiger partial charge in [0.2, 0.25) is 10.0 Å². The number of benzene rings is 1. The Labute approximate surface area is 150 Å². The van der Waals surface area contributed by atoms with Crippen LogP contribution in [0.3, 0.4) is 0 Å². The van der Waals surface area contributed by atoms with Crippen LogP contribution in [0.4, 0.5) is 5.69 Å². The Morgan fingerprint density at radius 1 is 1.48 bits per heavy atom. The lowest BCUT2D eigenvalue weighted by molar-refractivity contribution is 0.402. The highest BCUT2D eigenvalue weighted by Crippen LogP contribution is 2.28. The summed E-state index contributed by atoms with van der Waals surface area (Å²) in [5.74, 6) is 0.799. The monoisotopic (exact) mass is 366 g/mol. The fourth-order valence-corrected chi connectivity index (χ4v) is 4.12. The molecule has 2 N–H and O–H groups in total. The summed E-state index contributed by atoms with van der Waals surface area (Å²) in [5.41, 5.74) is 0.742. The molecule has 7 nitrogen and oxygen atoms in total. The predicted octanol–water partition coefficient (Wildman–Crippen LogP) is 1.99. The van der Waals surface area contributed by atoms with Crippen LogP contribution in [0.5, 0.6) is 5.75 Å². The van der Waals surface area contributed by atoms with E-state index in [0.717, 1.165) is 18.7 Å². The third kappa shape index (κ3) is 5.00. The second-order valence-electron chi connectivity index (χ2n) is 6.41. The summed E-state index contributed by atoms with van der Waals surface area (Å²) in [6.45, 7) is 5.99. The van der Waals surface area contributed by atoms with Crippen molar-refractivity contribution in [3.8, 4) is 11.9 Å². The summed E-state index contributed by atoms with van der Waals surface area (Å²) in [4.78, 5) is 1.66. The number of sulfonamides is 1. The van der Waals surface area contributed by atoms with E-state index in [1.807, 2.05) is 12.3 Å². The second kappa shape index (κ2) is 8.41. The van der Waals surface area contributed by atoms with E-state index in [1.165, 1.54) is 7.11 Å². The van der Waals surface area contributed by atoms with Gasteiger partial charge in [-0.2, -0.15) is 5.26 Å². The number of anilines is 1. The van der Waals surface area contributed by atoms with Crippen molar-refractivity contribution in [3.63, 3.8) is 0 Å². The smallest absolute Gasteiger partial charge is 0.244 e. The van der Waals surface area contributed by atoms with Gasteiger partial charge in [-0.05, 0) is 30.5 Å². The zero-order chi connectivity index (χ0) is 18.4. The zero-order valence-electron chi connectivity index (χ0n) is 14.9. The number of nitriles is 1. The summed E-state index contributed by atoms with van der Waals surface area (Å²) >= 11 is 0. The summed E-state index contributed by atoms with van der Waals surface area (Å²) in [6, 6.07) is 4.79. The maximum absolute atomic E-state index is 12.8. The Morgan fingerprint density at radius 2 is 2.24 bits per heavy atom. The molecule has 1 aromatic carbocycles. The third-order valence-corrected chi connectivity index (χ3v) is 6.00.